The number of aliphatic carboxylic acids is 1. The molecule has 0 radical (unpaired) electrons. The number of carboxylic acids is 1. The highest BCUT2D eigenvalue weighted by Gasteiger charge is 2.51. The maximum atomic E-state index is 12.9. The third-order valence-electron chi connectivity index (χ3n) is 6.01. The van der Waals surface area contributed by atoms with Crippen molar-refractivity contribution >= 4 is 11.9 Å². The molecule has 2 unspecified atom stereocenters. The van der Waals surface area contributed by atoms with Crippen molar-refractivity contribution in [3.63, 3.8) is 0 Å². The molecule has 166 valence electrons. The topological polar surface area (TPSA) is 118 Å². The lowest BCUT2D eigenvalue weighted by atomic mass is 9.68. The second-order valence-electron chi connectivity index (χ2n) is 9.40. The zero-order valence-corrected chi connectivity index (χ0v) is 18.0. The molecule has 30 heavy (non-hydrogen) atoms. The number of carboxylic acid groups (broad SMARTS) is 1. The Kier molecular flexibility index (Phi) is 6.33. The van der Waals surface area contributed by atoms with Gasteiger partial charge in [-0.25, -0.2) is 4.68 Å². The fourth-order valence-electron chi connectivity index (χ4n) is 4.29. The summed E-state index contributed by atoms with van der Waals surface area (Å²) >= 11 is 0. The molecule has 1 aliphatic heterocycles. The molecule has 9 heteroatoms. The summed E-state index contributed by atoms with van der Waals surface area (Å²) in [5.74, 6) is -1.14. The number of carbonyl (C=O) groups excluding carboxylic acids is 1. The molecule has 2 fully saturated rings. The molecule has 1 aromatic rings. The molecule has 0 spiro atoms. The first-order valence-electron chi connectivity index (χ1n) is 10.4. The highest BCUT2D eigenvalue weighted by molar-refractivity contribution is 5.81. The standard InChI is InChI=1S/C21H32N4O5/c1-5-7-24(20(2,3)4)19(28)14-11-21(29,12-14)17-13-25(23-22-17)15-6-8-30-16(9-15)10-18(26)27/h5,13-16,29H,1,6-12H2,2-4H3,(H,26,27). The predicted molar refractivity (Wildman–Crippen MR) is 109 cm³/mol. The van der Waals surface area contributed by atoms with Crippen LogP contribution >= 0.6 is 0 Å². The Bertz CT molecular complexity index is 794. The summed E-state index contributed by atoms with van der Waals surface area (Å²) < 4.78 is 7.21. The van der Waals surface area contributed by atoms with Crippen LogP contribution in [0.3, 0.4) is 0 Å². The summed E-state index contributed by atoms with van der Waals surface area (Å²) in [7, 11) is 0. The van der Waals surface area contributed by atoms with E-state index >= 15 is 0 Å². The van der Waals surface area contributed by atoms with E-state index in [1.165, 1.54) is 0 Å². The number of nitrogens with zero attached hydrogens (tertiary/aromatic N) is 4. The molecule has 2 N–H and O–H groups in total. The average molecular weight is 421 g/mol. The van der Waals surface area contributed by atoms with Gasteiger partial charge in [0.1, 0.15) is 11.3 Å². The molecule has 2 atom stereocenters. The van der Waals surface area contributed by atoms with Gasteiger partial charge in [0.05, 0.1) is 24.8 Å². The zero-order chi connectivity index (χ0) is 22.1. The summed E-state index contributed by atoms with van der Waals surface area (Å²) in [6.45, 7) is 10.6. The Labute approximate surface area is 176 Å². The monoisotopic (exact) mass is 420 g/mol. The van der Waals surface area contributed by atoms with Crippen LogP contribution in [0.2, 0.25) is 0 Å². The van der Waals surface area contributed by atoms with E-state index in [0.717, 1.165) is 0 Å². The van der Waals surface area contributed by atoms with Gasteiger partial charge in [-0.15, -0.1) is 11.7 Å². The number of carbonyl (C=O) groups is 2. The fraction of sp³-hybridized carbons (Fsp3) is 0.714. The first kappa shape index (κ1) is 22.4. The van der Waals surface area contributed by atoms with Crippen molar-refractivity contribution in [1.82, 2.24) is 19.9 Å². The third-order valence-corrected chi connectivity index (χ3v) is 6.01. The number of hydrogen-bond donors (Lipinski definition) is 2. The molecular formula is C21H32N4O5. The maximum Gasteiger partial charge on any atom is 0.305 e. The van der Waals surface area contributed by atoms with Gasteiger partial charge >= 0.3 is 5.97 Å². The molecule has 1 saturated carbocycles. The third kappa shape index (κ3) is 4.73. The van der Waals surface area contributed by atoms with E-state index in [4.69, 9.17) is 9.84 Å². The minimum absolute atomic E-state index is 0.0143. The number of hydrogen-bond acceptors (Lipinski definition) is 6. The summed E-state index contributed by atoms with van der Waals surface area (Å²) in [5, 5.41) is 28.3. The second kappa shape index (κ2) is 8.47. The maximum absolute atomic E-state index is 12.9. The van der Waals surface area contributed by atoms with Gasteiger partial charge < -0.3 is 19.8 Å². The summed E-state index contributed by atoms with van der Waals surface area (Å²) in [5.41, 5.74) is -1.03. The number of aromatic nitrogens is 3. The Morgan fingerprint density at radius 3 is 2.73 bits per heavy atom. The van der Waals surface area contributed by atoms with E-state index in [1.54, 1.807) is 21.9 Å². The van der Waals surface area contributed by atoms with Crippen molar-refractivity contribution in [2.24, 2.45) is 5.92 Å². The van der Waals surface area contributed by atoms with Gasteiger partial charge in [0.2, 0.25) is 5.91 Å². The van der Waals surface area contributed by atoms with Gasteiger partial charge in [-0.05, 0) is 46.5 Å². The van der Waals surface area contributed by atoms with Crippen LogP contribution in [0.15, 0.2) is 18.9 Å². The van der Waals surface area contributed by atoms with Crippen LogP contribution < -0.4 is 0 Å². The molecule has 9 nitrogen and oxygen atoms in total. The molecular weight excluding hydrogens is 388 g/mol. The van der Waals surface area contributed by atoms with Gasteiger partial charge in [-0.1, -0.05) is 11.3 Å². The Morgan fingerprint density at radius 1 is 1.43 bits per heavy atom. The van der Waals surface area contributed by atoms with Crippen LogP contribution in [0.1, 0.15) is 64.6 Å². The lowest BCUT2D eigenvalue weighted by Crippen LogP contribution is -2.54. The van der Waals surface area contributed by atoms with Gasteiger partial charge in [0.15, 0.2) is 0 Å². The molecule has 0 bridgehead atoms. The minimum atomic E-state index is -1.16. The van der Waals surface area contributed by atoms with Gasteiger partial charge in [0.25, 0.3) is 0 Å². The minimum Gasteiger partial charge on any atom is -0.481 e. The van der Waals surface area contributed by atoms with Crippen molar-refractivity contribution in [1.29, 1.82) is 0 Å². The SMILES string of the molecule is C=CCN(C(=O)C1CC(O)(c2cn(C3CCOC(CC(=O)O)C3)nn2)C1)C(C)(C)C. The Morgan fingerprint density at radius 2 is 2.13 bits per heavy atom. The van der Waals surface area contributed by atoms with E-state index in [2.05, 4.69) is 16.9 Å². The largest absolute Gasteiger partial charge is 0.481 e. The summed E-state index contributed by atoms with van der Waals surface area (Å²) in [4.78, 5) is 25.7. The molecule has 1 amide bonds. The van der Waals surface area contributed by atoms with Crippen LogP contribution in [0.25, 0.3) is 0 Å². The number of ether oxygens (including phenoxy) is 1. The second-order valence-corrected chi connectivity index (χ2v) is 9.40. The van der Waals surface area contributed by atoms with E-state index in [-0.39, 0.29) is 35.9 Å². The van der Waals surface area contributed by atoms with E-state index in [9.17, 15) is 14.7 Å². The van der Waals surface area contributed by atoms with Crippen LogP contribution in [0.4, 0.5) is 0 Å². The average Bonchev–Trinajstić information content (AvgIpc) is 3.12. The predicted octanol–water partition coefficient (Wildman–Crippen LogP) is 1.88. The number of aliphatic hydroxyl groups is 1. The molecule has 1 saturated heterocycles. The van der Waals surface area contributed by atoms with Crippen LogP contribution in [-0.2, 0) is 19.9 Å². The van der Waals surface area contributed by atoms with Gasteiger partial charge in [0, 0.05) is 24.6 Å². The molecule has 3 rings (SSSR count). The van der Waals surface area contributed by atoms with Crippen molar-refractivity contribution in [2.75, 3.05) is 13.2 Å². The Balaban J connectivity index is 1.63. The van der Waals surface area contributed by atoms with Crippen LogP contribution in [0.5, 0.6) is 0 Å². The van der Waals surface area contributed by atoms with Crippen LogP contribution in [0, 0.1) is 5.92 Å². The molecule has 0 aromatic carbocycles. The van der Waals surface area contributed by atoms with Crippen molar-refractivity contribution in [3.05, 3.63) is 24.5 Å². The lowest BCUT2D eigenvalue weighted by Gasteiger charge is -2.45. The van der Waals surface area contributed by atoms with Crippen molar-refractivity contribution in [3.8, 4) is 0 Å². The first-order chi connectivity index (χ1) is 14.0. The highest BCUT2D eigenvalue weighted by Crippen LogP contribution is 2.46. The molecule has 2 aliphatic rings. The van der Waals surface area contributed by atoms with Crippen molar-refractivity contribution in [2.45, 2.75) is 76.2 Å². The van der Waals surface area contributed by atoms with E-state index in [0.29, 0.717) is 44.5 Å². The lowest BCUT2D eigenvalue weighted by molar-refractivity contribution is -0.157. The van der Waals surface area contributed by atoms with Crippen molar-refractivity contribution < 1.29 is 24.5 Å². The molecule has 1 aromatic heterocycles. The zero-order valence-electron chi connectivity index (χ0n) is 18.0. The molecule has 1 aliphatic carbocycles. The normalized spacial score (nSPS) is 29.1. The van der Waals surface area contributed by atoms with E-state index in [1.807, 2.05) is 20.8 Å². The van der Waals surface area contributed by atoms with Gasteiger partial charge in [-0.3, -0.25) is 9.59 Å². The summed E-state index contributed by atoms with van der Waals surface area (Å²) in [6.07, 6.45) is 4.91. The Hall–Kier alpha value is -2.26. The van der Waals surface area contributed by atoms with Crippen LogP contribution in [-0.4, -0.2) is 66.8 Å². The summed E-state index contributed by atoms with van der Waals surface area (Å²) in [6, 6.07) is -0.0190. The first-order valence-corrected chi connectivity index (χ1v) is 10.4. The van der Waals surface area contributed by atoms with Gasteiger partial charge in [-0.2, -0.15) is 0 Å². The molecule has 2 heterocycles. The number of amides is 1. The quantitative estimate of drug-likeness (QED) is 0.647. The van der Waals surface area contributed by atoms with E-state index < -0.39 is 11.6 Å². The number of rotatable bonds is 7. The highest BCUT2D eigenvalue weighted by atomic mass is 16.5. The smallest absolute Gasteiger partial charge is 0.305 e. The fourth-order valence-corrected chi connectivity index (χ4v) is 4.29.